The van der Waals surface area contributed by atoms with Crippen LogP contribution in [0.25, 0.3) is 0 Å². The molecule has 0 radical (unpaired) electrons. The number of hydrogen-bond acceptors (Lipinski definition) is 2. The predicted octanol–water partition coefficient (Wildman–Crippen LogP) is 0.511. The van der Waals surface area contributed by atoms with Gasteiger partial charge in [-0.05, 0) is 25.3 Å². The first kappa shape index (κ1) is 9.52. The molecule has 0 aromatic heterocycles. The summed E-state index contributed by atoms with van der Waals surface area (Å²) in [5, 5.41) is 5.90. The molecule has 1 heterocycles. The quantitative estimate of drug-likeness (QED) is 0.634. The van der Waals surface area contributed by atoms with Gasteiger partial charge in [-0.2, -0.15) is 0 Å². The molecule has 1 fully saturated rings. The van der Waals surface area contributed by atoms with Gasteiger partial charge in [-0.1, -0.05) is 13.3 Å². The molecule has 0 aromatic rings. The van der Waals surface area contributed by atoms with Crippen molar-refractivity contribution in [2.24, 2.45) is 5.92 Å². The molecule has 1 saturated heterocycles. The minimum absolute atomic E-state index is 0.0497. The van der Waals surface area contributed by atoms with Gasteiger partial charge in [-0.3, -0.25) is 4.79 Å². The third-order valence-corrected chi connectivity index (χ3v) is 2.65. The number of hydrogen-bond donors (Lipinski definition) is 2. The van der Waals surface area contributed by atoms with Crippen molar-refractivity contribution in [1.29, 1.82) is 0 Å². The maximum atomic E-state index is 11.3. The van der Waals surface area contributed by atoms with Gasteiger partial charge < -0.3 is 10.6 Å². The molecule has 0 spiro atoms. The molecule has 2 N–H and O–H groups in total. The summed E-state index contributed by atoms with van der Waals surface area (Å²) in [5.41, 5.74) is 0. The van der Waals surface area contributed by atoms with Gasteiger partial charge in [0.1, 0.15) is 0 Å². The zero-order valence-electron chi connectivity index (χ0n) is 7.89. The van der Waals surface area contributed by atoms with E-state index in [-0.39, 0.29) is 11.9 Å². The van der Waals surface area contributed by atoms with E-state index in [1.165, 1.54) is 12.8 Å². The molecule has 0 aliphatic carbocycles. The van der Waals surface area contributed by atoms with Crippen molar-refractivity contribution in [3.63, 3.8) is 0 Å². The fourth-order valence-corrected chi connectivity index (χ4v) is 1.74. The summed E-state index contributed by atoms with van der Waals surface area (Å²) in [6.45, 7) is 3.17. The highest BCUT2D eigenvalue weighted by Crippen LogP contribution is 2.18. The van der Waals surface area contributed by atoms with Crippen molar-refractivity contribution in [2.45, 2.75) is 32.2 Å². The summed E-state index contributed by atoms with van der Waals surface area (Å²) in [6, 6.07) is 0.0497. The lowest BCUT2D eigenvalue weighted by molar-refractivity contribution is -0.123. The lowest BCUT2D eigenvalue weighted by atomic mass is 9.90. The highest BCUT2D eigenvalue weighted by Gasteiger charge is 2.24. The monoisotopic (exact) mass is 170 g/mol. The van der Waals surface area contributed by atoms with Gasteiger partial charge in [-0.25, -0.2) is 0 Å². The molecule has 1 rings (SSSR count). The Bertz CT molecular complexity index is 159. The Labute approximate surface area is 73.9 Å². The molecule has 1 aliphatic heterocycles. The van der Waals surface area contributed by atoms with E-state index in [9.17, 15) is 4.79 Å². The summed E-state index contributed by atoms with van der Waals surface area (Å²) in [5.74, 6) is 0.863. The second-order valence-electron chi connectivity index (χ2n) is 3.42. The summed E-state index contributed by atoms with van der Waals surface area (Å²) in [4.78, 5) is 11.3. The van der Waals surface area contributed by atoms with Crippen LogP contribution in [0.1, 0.15) is 26.2 Å². The average Bonchev–Trinajstić information content (AvgIpc) is 2.17. The van der Waals surface area contributed by atoms with Crippen LogP contribution in [-0.2, 0) is 4.79 Å². The van der Waals surface area contributed by atoms with Crippen LogP contribution in [0.3, 0.4) is 0 Å². The summed E-state index contributed by atoms with van der Waals surface area (Å²) >= 11 is 0. The second kappa shape index (κ2) is 4.45. The Morgan fingerprint density at radius 2 is 2.42 bits per heavy atom. The number of amides is 1. The minimum atomic E-state index is 0.0497. The number of carbonyl (C=O) groups excluding carboxylic acids is 1. The molecule has 70 valence electrons. The number of carbonyl (C=O) groups is 1. The lowest BCUT2D eigenvalue weighted by Crippen LogP contribution is -2.47. The molecule has 3 heteroatoms. The fourth-order valence-electron chi connectivity index (χ4n) is 1.74. The fraction of sp³-hybridized carbons (Fsp3) is 0.889. The standard InChI is InChI=1S/C9H18N2O/c1-3-7-4-5-11-8(6-7)9(12)10-2/h7-8,11H,3-6H2,1-2H3,(H,10,12). The molecule has 3 nitrogen and oxygen atoms in total. The first-order chi connectivity index (χ1) is 5.77. The maximum Gasteiger partial charge on any atom is 0.236 e. The van der Waals surface area contributed by atoms with Crippen LogP contribution >= 0.6 is 0 Å². The van der Waals surface area contributed by atoms with Gasteiger partial charge in [0, 0.05) is 7.05 Å². The molecular formula is C9H18N2O. The van der Waals surface area contributed by atoms with E-state index in [2.05, 4.69) is 17.6 Å². The Balaban J connectivity index is 2.40. The van der Waals surface area contributed by atoms with Crippen molar-refractivity contribution in [2.75, 3.05) is 13.6 Å². The van der Waals surface area contributed by atoms with Crippen molar-refractivity contribution in [3.8, 4) is 0 Å². The molecule has 12 heavy (non-hydrogen) atoms. The smallest absolute Gasteiger partial charge is 0.236 e. The van der Waals surface area contributed by atoms with Crippen LogP contribution in [0, 0.1) is 5.92 Å². The van der Waals surface area contributed by atoms with Crippen molar-refractivity contribution >= 4 is 5.91 Å². The van der Waals surface area contributed by atoms with Crippen LogP contribution in [0.4, 0.5) is 0 Å². The first-order valence-electron chi connectivity index (χ1n) is 4.73. The van der Waals surface area contributed by atoms with Crippen LogP contribution in [0.15, 0.2) is 0 Å². The normalized spacial score (nSPS) is 29.8. The number of piperidine rings is 1. The highest BCUT2D eigenvalue weighted by molar-refractivity contribution is 5.81. The van der Waals surface area contributed by atoms with Gasteiger partial charge in [-0.15, -0.1) is 0 Å². The van der Waals surface area contributed by atoms with Gasteiger partial charge in [0.2, 0.25) is 5.91 Å². The topological polar surface area (TPSA) is 41.1 Å². The first-order valence-corrected chi connectivity index (χ1v) is 4.73. The largest absolute Gasteiger partial charge is 0.358 e. The molecule has 0 saturated carbocycles. The van der Waals surface area contributed by atoms with E-state index in [0.29, 0.717) is 0 Å². The van der Waals surface area contributed by atoms with Crippen molar-refractivity contribution in [3.05, 3.63) is 0 Å². The van der Waals surface area contributed by atoms with Gasteiger partial charge in [0.15, 0.2) is 0 Å². The van der Waals surface area contributed by atoms with Crippen LogP contribution in [-0.4, -0.2) is 25.5 Å². The predicted molar refractivity (Wildman–Crippen MR) is 48.9 cm³/mol. The van der Waals surface area contributed by atoms with E-state index in [4.69, 9.17) is 0 Å². The summed E-state index contributed by atoms with van der Waals surface area (Å²) in [6.07, 6.45) is 3.40. The minimum Gasteiger partial charge on any atom is -0.358 e. The molecular weight excluding hydrogens is 152 g/mol. The van der Waals surface area contributed by atoms with Crippen molar-refractivity contribution < 1.29 is 4.79 Å². The SMILES string of the molecule is CCC1CCNC(C(=O)NC)C1. The zero-order valence-corrected chi connectivity index (χ0v) is 7.89. The van der Waals surface area contributed by atoms with Crippen molar-refractivity contribution in [1.82, 2.24) is 10.6 Å². The molecule has 2 unspecified atom stereocenters. The van der Waals surface area contributed by atoms with Crippen LogP contribution in [0.5, 0.6) is 0 Å². The Kier molecular flexibility index (Phi) is 3.53. The zero-order chi connectivity index (χ0) is 8.97. The summed E-state index contributed by atoms with van der Waals surface area (Å²) in [7, 11) is 1.69. The second-order valence-corrected chi connectivity index (χ2v) is 3.42. The van der Waals surface area contributed by atoms with Gasteiger partial charge in [0.05, 0.1) is 6.04 Å². The number of rotatable bonds is 2. The lowest BCUT2D eigenvalue weighted by Gasteiger charge is -2.28. The Morgan fingerprint density at radius 3 is 3.00 bits per heavy atom. The Morgan fingerprint density at radius 1 is 1.67 bits per heavy atom. The van der Waals surface area contributed by atoms with Crippen LogP contribution in [0.2, 0.25) is 0 Å². The van der Waals surface area contributed by atoms with Crippen LogP contribution < -0.4 is 10.6 Å². The van der Waals surface area contributed by atoms with E-state index in [1.54, 1.807) is 7.05 Å². The molecule has 0 aromatic carbocycles. The number of nitrogens with one attached hydrogen (secondary N) is 2. The Hall–Kier alpha value is -0.570. The van der Waals surface area contributed by atoms with Gasteiger partial charge in [0.25, 0.3) is 0 Å². The third kappa shape index (κ3) is 2.21. The molecule has 2 atom stereocenters. The maximum absolute atomic E-state index is 11.3. The van der Waals surface area contributed by atoms with E-state index in [0.717, 1.165) is 18.9 Å². The molecule has 1 aliphatic rings. The van der Waals surface area contributed by atoms with E-state index < -0.39 is 0 Å². The summed E-state index contributed by atoms with van der Waals surface area (Å²) < 4.78 is 0. The number of likely N-dealkylation sites (N-methyl/N-ethyl adjacent to an activating group) is 1. The third-order valence-electron chi connectivity index (χ3n) is 2.65. The van der Waals surface area contributed by atoms with E-state index in [1.807, 2.05) is 0 Å². The molecule has 0 bridgehead atoms. The van der Waals surface area contributed by atoms with E-state index >= 15 is 0 Å². The van der Waals surface area contributed by atoms with Gasteiger partial charge >= 0.3 is 0 Å². The average molecular weight is 170 g/mol. The highest BCUT2D eigenvalue weighted by atomic mass is 16.2. The molecule has 1 amide bonds.